The molecule has 4 aromatic rings. The van der Waals surface area contributed by atoms with Crippen molar-refractivity contribution in [3.63, 3.8) is 0 Å². The zero-order chi connectivity index (χ0) is 24.7. The van der Waals surface area contributed by atoms with Gasteiger partial charge in [-0.05, 0) is 69.5 Å². The Hall–Kier alpha value is -3.46. The lowest BCUT2D eigenvalue weighted by Gasteiger charge is -2.30. The van der Waals surface area contributed by atoms with E-state index in [0.717, 1.165) is 47.2 Å². The molecule has 0 radical (unpaired) electrons. The van der Waals surface area contributed by atoms with E-state index in [-0.39, 0.29) is 12.0 Å². The zero-order valence-corrected chi connectivity index (χ0v) is 19.6. The Bertz CT molecular complexity index is 1390. The Morgan fingerprint density at radius 3 is 2.46 bits per heavy atom. The molecule has 9 heteroatoms. The lowest BCUT2D eigenvalue weighted by atomic mass is 9.88. The van der Waals surface area contributed by atoms with Crippen LogP contribution < -0.4 is 0 Å². The summed E-state index contributed by atoms with van der Waals surface area (Å²) in [6.07, 6.45) is -0.103. The largest absolute Gasteiger partial charge is 0.433 e. The van der Waals surface area contributed by atoms with Crippen molar-refractivity contribution in [2.24, 2.45) is 0 Å². The van der Waals surface area contributed by atoms with Crippen molar-refractivity contribution < 1.29 is 17.9 Å². The fourth-order valence-electron chi connectivity index (χ4n) is 4.43. The van der Waals surface area contributed by atoms with E-state index < -0.39 is 11.9 Å². The lowest BCUT2D eigenvalue weighted by molar-refractivity contribution is -0.141. The van der Waals surface area contributed by atoms with E-state index in [1.165, 1.54) is 12.3 Å². The van der Waals surface area contributed by atoms with Gasteiger partial charge in [0.15, 0.2) is 0 Å². The van der Waals surface area contributed by atoms with E-state index >= 15 is 0 Å². The molecule has 2 atom stereocenters. The summed E-state index contributed by atoms with van der Waals surface area (Å²) in [4.78, 5) is 22.2. The van der Waals surface area contributed by atoms with Crippen molar-refractivity contribution in [1.82, 2.24) is 24.9 Å². The second kappa shape index (κ2) is 8.96. The number of fused-ring (bicyclic) bond motifs is 1. The molecule has 0 spiro atoms. The van der Waals surface area contributed by atoms with Crippen LogP contribution in [0.15, 0.2) is 42.7 Å². The second-order valence-corrected chi connectivity index (χ2v) is 8.90. The molecule has 5 rings (SSSR count). The third-order valence-electron chi connectivity index (χ3n) is 6.41. The summed E-state index contributed by atoms with van der Waals surface area (Å²) < 4.78 is 45.2. The summed E-state index contributed by atoms with van der Waals surface area (Å²) in [7, 11) is 0. The van der Waals surface area contributed by atoms with Gasteiger partial charge >= 0.3 is 6.18 Å². The highest BCUT2D eigenvalue weighted by molar-refractivity contribution is 5.89. The maximum absolute atomic E-state index is 13.1. The number of aryl methyl sites for hydroxylation is 3. The van der Waals surface area contributed by atoms with Crippen LogP contribution in [-0.2, 0) is 10.9 Å². The van der Waals surface area contributed by atoms with E-state index in [1.54, 1.807) is 6.20 Å². The van der Waals surface area contributed by atoms with Gasteiger partial charge in [0.2, 0.25) is 0 Å². The summed E-state index contributed by atoms with van der Waals surface area (Å²) in [5, 5.41) is 0. The number of hydrogen-bond acceptors (Lipinski definition) is 6. The third kappa shape index (κ3) is 4.73. The first-order chi connectivity index (χ1) is 16.7. The van der Waals surface area contributed by atoms with Crippen LogP contribution in [-0.4, -0.2) is 31.5 Å². The van der Waals surface area contributed by atoms with Crippen LogP contribution in [0.4, 0.5) is 13.2 Å². The molecule has 6 nitrogen and oxygen atoms in total. The Morgan fingerprint density at radius 2 is 1.74 bits per heavy atom. The lowest BCUT2D eigenvalue weighted by Crippen LogP contribution is -2.20. The molecule has 1 saturated heterocycles. The SMILES string of the molecule is Cc1cc(C2CC(c3cc4nc(C)c(C)nc4c(-c4ccc(C(F)(F)F)nc4)n3)CCO2)ccn1. The van der Waals surface area contributed by atoms with Crippen molar-refractivity contribution in [3.8, 4) is 11.3 Å². The minimum Gasteiger partial charge on any atom is -0.373 e. The molecule has 0 bridgehead atoms. The number of aromatic nitrogens is 5. The monoisotopic (exact) mass is 479 g/mol. The minimum absolute atomic E-state index is 0.0880. The number of halogens is 3. The predicted molar refractivity (Wildman–Crippen MR) is 125 cm³/mol. The average molecular weight is 480 g/mol. The smallest absolute Gasteiger partial charge is 0.373 e. The number of alkyl halides is 3. The molecule has 1 aliphatic rings. The molecule has 1 aliphatic heterocycles. The first-order valence-electron chi connectivity index (χ1n) is 11.4. The Morgan fingerprint density at radius 1 is 0.943 bits per heavy atom. The van der Waals surface area contributed by atoms with Crippen molar-refractivity contribution in [2.75, 3.05) is 6.61 Å². The molecule has 35 heavy (non-hydrogen) atoms. The molecular weight excluding hydrogens is 455 g/mol. The Balaban J connectivity index is 1.58. The number of ether oxygens (including phenoxy) is 1. The van der Waals surface area contributed by atoms with Crippen LogP contribution in [0.25, 0.3) is 22.3 Å². The van der Waals surface area contributed by atoms with E-state index in [4.69, 9.17) is 14.7 Å². The Kier molecular flexibility index (Phi) is 5.96. The highest BCUT2D eigenvalue weighted by atomic mass is 19.4. The zero-order valence-electron chi connectivity index (χ0n) is 19.6. The summed E-state index contributed by atoms with van der Waals surface area (Å²) in [6.45, 7) is 6.26. The fraction of sp³-hybridized carbons (Fsp3) is 0.346. The summed E-state index contributed by atoms with van der Waals surface area (Å²) in [6, 6.07) is 8.30. The van der Waals surface area contributed by atoms with Gasteiger partial charge < -0.3 is 4.74 Å². The van der Waals surface area contributed by atoms with Crippen LogP contribution >= 0.6 is 0 Å². The van der Waals surface area contributed by atoms with Gasteiger partial charge in [-0.2, -0.15) is 13.2 Å². The van der Waals surface area contributed by atoms with Crippen LogP contribution in [0.1, 0.15) is 58.9 Å². The number of nitrogens with zero attached hydrogens (tertiary/aromatic N) is 5. The van der Waals surface area contributed by atoms with Gasteiger partial charge in [-0.1, -0.05) is 0 Å². The molecule has 0 aromatic carbocycles. The van der Waals surface area contributed by atoms with Gasteiger partial charge in [-0.3, -0.25) is 15.0 Å². The van der Waals surface area contributed by atoms with Crippen molar-refractivity contribution in [2.45, 2.75) is 51.8 Å². The quantitative estimate of drug-likeness (QED) is 0.356. The van der Waals surface area contributed by atoms with Crippen LogP contribution in [0.2, 0.25) is 0 Å². The minimum atomic E-state index is -4.51. The number of rotatable bonds is 3. The maximum atomic E-state index is 13.1. The molecule has 5 heterocycles. The molecular formula is C26H24F3N5O. The highest BCUT2D eigenvalue weighted by Crippen LogP contribution is 2.39. The van der Waals surface area contributed by atoms with Gasteiger partial charge in [-0.25, -0.2) is 9.97 Å². The van der Waals surface area contributed by atoms with E-state index in [0.29, 0.717) is 28.9 Å². The molecule has 0 saturated carbocycles. The average Bonchev–Trinajstić information content (AvgIpc) is 2.84. The van der Waals surface area contributed by atoms with Crippen molar-refractivity contribution in [1.29, 1.82) is 0 Å². The van der Waals surface area contributed by atoms with Crippen LogP contribution in [0.3, 0.4) is 0 Å². The van der Waals surface area contributed by atoms with Crippen molar-refractivity contribution in [3.05, 3.63) is 76.8 Å². The van der Waals surface area contributed by atoms with Gasteiger partial charge in [0.1, 0.15) is 11.2 Å². The number of pyridine rings is 3. The van der Waals surface area contributed by atoms with Crippen LogP contribution in [0.5, 0.6) is 0 Å². The standard InChI is InChI=1S/C26H24F3N5O/c1-14-10-18(6-8-30-14)22-11-17(7-9-35-22)20-12-21-25(33-16(3)15(2)32-21)24(34-20)19-4-5-23(31-13-19)26(27,28)29/h4-6,8,10,12-13,17,22H,7,9,11H2,1-3H3. The normalized spacial score (nSPS) is 18.7. The maximum Gasteiger partial charge on any atom is 0.433 e. The number of hydrogen-bond donors (Lipinski definition) is 0. The summed E-state index contributed by atoms with van der Waals surface area (Å²) in [5.74, 6) is 0.0937. The Labute approximate surface area is 200 Å². The van der Waals surface area contributed by atoms with Gasteiger partial charge in [0.25, 0.3) is 0 Å². The van der Waals surface area contributed by atoms with E-state index in [2.05, 4.69) is 15.0 Å². The fourth-order valence-corrected chi connectivity index (χ4v) is 4.43. The first-order valence-corrected chi connectivity index (χ1v) is 11.4. The molecule has 180 valence electrons. The molecule has 4 aromatic heterocycles. The van der Waals surface area contributed by atoms with Gasteiger partial charge in [-0.15, -0.1) is 0 Å². The van der Waals surface area contributed by atoms with Crippen LogP contribution in [0, 0.1) is 20.8 Å². The second-order valence-electron chi connectivity index (χ2n) is 8.90. The summed E-state index contributed by atoms with van der Waals surface area (Å²) in [5.41, 5.74) is 5.58. The molecule has 0 amide bonds. The first kappa shape index (κ1) is 23.3. The highest BCUT2D eigenvalue weighted by Gasteiger charge is 2.32. The van der Waals surface area contributed by atoms with E-state index in [9.17, 15) is 13.2 Å². The molecule has 2 unspecified atom stereocenters. The van der Waals surface area contributed by atoms with E-state index in [1.807, 2.05) is 39.0 Å². The van der Waals surface area contributed by atoms with Gasteiger partial charge in [0, 0.05) is 41.9 Å². The molecule has 0 aliphatic carbocycles. The van der Waals surface area contributed by atoms with Crippen molar-refractivity contribution >= 4 is 11.0 Å². The molecule has 0 N–H and O–H groups in total. The molecule has 1 fully saturated rings. The van der Waals surface area contributed by atoms with Gasteiger partial charge in [0.05, 0.1) is 28.7 Å². The summed E-state index contributed by atoms with van der Waals surface area (Å²) >= 11 is 0. The third-order valence-corrected chi connectivity index (χ3v) is 6.41. The predicted octanol–water partition coefficient (Wildman–Crippen LogP) is 6.06. The topological polar surface area (TPSA) is 73.7 Å².